The Morgan fingerprint density at radius 2 is 2.36 bits per heavy atom. The molecule has 0 radical (unpaired) electrons. The Morgan fingerprint density at radius 3 is 2.86 bits per heavy atom. The zero-order valence-electron chi connectivity index (χ0n) is 8.49. The van der Waals surface area contributed by atoms with Crippen LogP contribution in [-0.2, 0) is 10.3 Å². The number of aromatic nitrogens is 2. The molecule has 0 amide bonds. The molecule has 0 aromatic carbocycles. The van der Waals surface area contributed by atoms with Crippen molar-refractivity contribution in [2.45, 2.75) is 38.3 Å². The van der Waals surface area contributed by atoms with Crippen molar-refractivity contribution >= 4 is 0 Å². The topological polar surface area (TPSA) is 74.2 Å². The lowest BCUT2D eigenvalue weighted by atomic mass is 9.74. The van der Waals surface area contributed by atoms with E-state index in [1.54, 1.807) is 6.92 Å². The van der Waals surface area contributed by atoms with E-state index < -0.39 is 5.54 Å². The Kier molecular flexibility index (Phi) is 2.28. The molecule has 78 valence electrons. The minimum absolute atomic E-state index is 0.254. The van der Waals surface area contributed by atoms with E-state index in [2.05, 4.69) is 10.1 Å². The number of ether oxygens (including phenoxy) is 1. The highest BCUT2D eigenvalue weighted by molar-refractivity contribution is 5.11. The fourth-order valence-electron chi connectivity index (χ4n) is 1.79. The van der Waals surface area contributed by atoms with Gasteiger partial charge in [0.05, 0.1) is 11.6 Å². The van der Waals surface area contributed by atoms with Gasteiger partial charge in [-0.05, 0) is 19.8 Å². The average molecular weight is 197 g/mol. The second kappa shape index (κ2) is 3.33. The van der Waals surface area contributed by atoms with Crippen LogP contribution in [0.5, 0.6) is 0 Å². The molecule has 1 aromatic rings. The molecule has 0 saturated heterocycles. The van der Waals surface area contributed by atoms with Gasteiger partial charge in [-0.25, -0.2) is 0 Å². The van der Waals surface area contributed by atoms with Crippen LogP contribution < -0.4 is 5.73 Å². The maximum absolute atomic E-state index is 6.09. The molecule has 1 aliphatic carbocycles. The Bertz CT molecular complexity index is 318. The van der Waals surface area contributed by atoms with E-state index in [1.807, 2.05) is 6.92 Å². The van der Waals surface area contributed by atoms with E-state index in [4.69, 9.17) is 15.0 Å². The van der Waals surface area contributed by atoms with Crippen LogP contribution in [0.1, 0.15) is 31.5 Å². The van der Waals surface area contributed by atoms with Crippen molar-refractivity contribution in [2.75, 3.05) is 6.61 Å². The minimum atomic E-state index is -0.433. The van der Waals surface area contributed by atoms with Gasteiger partial charge in [-0.3, -0.25) is 0 Å². The van der Waals surface area contributed by atoms with Crippen LogP contribution in [0.3, 0.4) is 0 Å². The molecule has 5 nitrogen and oxygen atoms in total. The molecule has 1 heterocycles. The van der Waals surface area contributed by atoms with E-state index in [0.717, 1.165) is 19.4 Å². The van der Waals surface area contributed by atoms with Crippen molar-refractivity contribution in [1.82, 2.24) is 10.1 Å². The highest BCUT2D eigenvalue weighted by atomic mass is 16.5. The second-order valence-electron chi connectivity index (χ2n) is 3.78. The first-order valence-electron chi connectivity index (χ1n) is 4.85. The number of nitrogens with two attached hydrogens (primary N) is 1. The maximum Gasteiger partial charge on any atom is 0.223 e. The largest absolute Gasteiger partial charge is 0.378 e. The van der Waals surface area contributed by atoms with Crippen molar-refractivity contribution in [3.05, 3.63) is 11.7 Å². The zero-order valence-corrected chi connectivity index (χ0v) is 8.49. The van der Waals surface area contributed by atoms with Gasteiger partial charge in [-0.15, -0.1) is 0 Å². The van der Waals surface area contributed by atoms with Crippen LogP contribution in [0.25, 0.3) is 0 Å². The molecule has 0 spiro atoms. The van der Waals surface area contributed by atoms with E-state index in [1.165, 1.54) is 0 Å². The first-order valence-corrected chi connectivity index (χ1v) is 4.85. The molecule has 5 heteroatoms. The molecule has 0 unspecified atom stereocenters. The highest BCUT2D eigenvalue weighted by Crippen LogP contribution is 2.39. The van der Waals surface area contributed by atoms with E-state index in [0.29, 0.717) is 11.7 Å². The quantitative estimate of drug-likeness (QED) is 0.773. The van der Waals surface area contributed by atoms with Crippen molar-refractivity contribution in [3.8, 4) is 0 Å². The normalized spacial score (nSPS) is 31.5. The van der Waals surface area contributed by atoms with Gasteiger partial charge in [0.15, 0.2) is 5.82 Å². The Morgan fingerprint density at radius 1 is 1.64 bits per heavy atom. The van der Waals surface area contributed by atoms with Gasteiger partial charge in [-0.1, -0.05) is 5.16 Å². The molecule has 2 N–H and O–H groups in total. The van der Waals surface area contributed by atoms with Gasteiger partial charge in [0.25, 0.3) is 0 Å². The smallest absolute Gasteiger partial charge is 0.223 e. The standard InChI is InChI=1S/C9H15N3O2/c1-3-13-7-4-9(10,5-7)8-11-6(2)14-12-8/h7H,3-5,10H2,1-2H3. The van der Waals surface area contributed by atoms with Gasteiger partial charge in [0.2, 0.25) is 5.89 Å². The van der Waals surface area contributed by atoms with Crippen LogP contribution >= 0.6 is 0 Å². The molecule has 1 saturated carbocycles. The van der Waals surface area contributed by atoms with E-state index >= 15 is 0 Å². The first kappa shape index (κ1) is 9.61. The summed E-state index contributed by atoms with van der Waals surface area (Å²) in [5.41, 5.74) is 5.66. The van der Waals surface area contributed by atoms with Crippen LogP contribution in [0.2, 0.25) is 0 Å². The summed E-state index contributed by atoms with van der Waals surface area (Å²) >= 11 is 0. The predicted octanol–water partition coefficient (Wildman–Crippen LogP) is 0.731. The third-order valence-corrected chi connectivity index (χ3v) is 2.56. The summed E-state index contributed by atoms with van der Waals surface area (Å²) < 4.78 is 10.3. The first-order chi connectivity index (χ1) is 6.64. The fourth-order valence-corrected chi connectivity index (χ4v) is 1.79. The molecule has 14 heavy (non-hydrogen) atoms. The van der Waals surface area contributed by atoms with Crippen LogP contribution in [0.15, 0.2) is 4.52 Å². The van der Waals surface area contributed by atoms with Gasteiger partial charge in [0, 0.05) is 13.5 Å². The van der Waals surface area contributed by atoms with Gasteiger partial charge in [-0.2, -0.15) is 4.98 Å². The summed E-state index contributed by atoms with van der Waals surface area (Å²) in [6, 6.07) is 0. The van der Waals surface area contributed by atoms with Gasteiger partial charge >= 0.3 is 0 Å². The summed E-state index contributed by atoms with van der Waals surface area (Å²) in [4.78, 5) is 4.14. The predicted molar refractivity (Wildman–Crippen MR) is 49.5 cm³/mol. The molecule has 1 aromatic heterocycles. The maximum atomic E-state index is 6.09. The molecular weight excluding hydrogens is 182 g/mol. The number of nitrogens with zero attached hydrogens (tertiary/aromatic N) is 2. The van der Waals surface area contributed by atoms with Crippen molar-refractivity contribution < 1.29 is 9.26 Å². The Hall–Kier alpha value is -0.940. The molecule has 1 aliphatic rings. The van der Waals surface area contributed by atoms with Crippen molar-refractivity contribution in [2.24, 2.45) is 5.73 Å². The molecule has 0 aliphatic heterocycles. The molecule has 0 atom stereocenters. The summed E-state index contributed by atoms with van der Waals surface area (Å²) in [5, 5.41) is 3.84. The van der Waals surface area contributed by atoms with Crippen LogP contribution in [0, 0.1) is 6.92 Å². The zero-order chi connectivity index (χ0) is 10.2. The van der Waals surface area contributed by atoms with Gasteiger partial charge < -0.3 is 15.0 Å². The minimum Gasteiger partial charge on any atom is -0.378 e. The molecule has 2 rings (SSSR count). The van der Waals surface area contributed by atoms with Crippen molar-refractivity contribution in [3.63, 3.8) is 0 Å². The lowest BCUT2D eigenvalue weighted by Gasteiger charge is -2.41. The number of hydrogen-bond donors (Lipinski definition) is 1. The summed E-state index contributed by atoms with van der Waals surface area (Å²) in [7, 11) is 0. The Balaban J connectivity index is 2.00. The monoisotopic (exact) mass is 197 g/mol. The Labute approximate surface area is 82.6 Å². The van der Waals surface area contributed by atoms with E-state index in [9.17, 15) is 0 Å². The van der Waals surface area contributed by atoms with Gasteiger partial charge in [0.1, 0.15) is 0 Å². The molecular formula is C9H15N3O2. The fraction of sp³-hybridized carbons (Fsp3) is 0.778. The molecule has 0 bridgehead atoms. The average Bonchev–Trinajstić information content (AvgIpc) is 2.49. The summed E-state index contributed by atoms with van der Waals surface area (Å²) in [6.07, 6.45) is 1.81. The summed E-state index contributed by atoms with van der Waals surface area (Å²) in [6.45, 7) is 4.47. The number of aryl methyl sites for hydroxylation is 1. The third kappa shape index (κ3) is 1.53. The molecule has 1 fully saturated rings. The van der Waals surface area contributed by atoms with Crippen LogP contribution in [0.4, 0.5) is 0 Å². The third-order valence-electron chi connectivity index (χ3n) is 2.56. The van der Waals surface area contributed by atoms with E-state index in [-0.39, 0.29) is 6.10 Å². The second-order valence-corrected chi connectivity index (χ2v) is 3.78. The number of rotatable bonds is 3. The summed E-state index contributed by atoms with van der Waals surface area (Å²) in [5.74, 6) is 1.16. The lowest BCUT2D eigenvalue weighted by molar-refractivity contribution is -0.0426. The lowest BCUT2D eigenvalue weighted by Crippen LogP contribution is -2.53. The van der Waals surface area contributed by atoms with Crippen LogP contribution in [-0.4, -0.2) is 22.9 Å². The highest BCUT2D eigenvalue weighted by Gasteiger charge is 2.46. The SMILES string of the molecule is CCOC1CC(N)(c2noc(C)n2)C1. The number of hydrogen-bond acceptors (Lipinski definition) is 5. The van der Waals surface area contributed by atoms with Crippen molar-refractivity contribution in [1.29, 1.82) is 0 Å².